The third-order valence-electron chi connectivity index (χ3n) is 5.55. The fourth-order valence-corrected chi connectivity index (χ4v) is 4.30. The molecule has 35 heavy (non-hydrogen) atoms. The first-order valence-corrected chi connectivity index (χ1v) is 10.2. The zero-order valence-corrected chi connectivity index (χ0v) is 17.4. The predicted molar refractivity (Wildman–Crippen MR) is 102 cm³/mol. The van der Waals surface area contributed by atoms with E-state index < -0.39 is 46.3 Å². The highest BCUT2D eigenvalue weighted by atomic mass is 32.1. The molecule has 1 aliphatic rings. The van der Waals surface area contributed by atoms with Crippen molar-refractivity contribution in [3.63, 3.8) is 0 Å². The molecule has 1 amide bonds. The molecule has 188 valence electrons. The van der Waals surface area contributed by atoms with E-state index in [1.807, 2.05) is 0 Å². The second-order valence-electron chi connectivity index (χ2n) is 7.55. The number of benzene rings is 2. The summed E-state index contributed by atoms with van der Waals surface area (Å²) >= 11 is 0.321. The number of fused-ring (bicyclic) bond motifs is 1. The molecule has 1 aliphatic carbocycles. The lowest BCUT2D eigenvalue weighted by molar-refractivity contribution is -0.475. The Morgan fingerprint density at radius 1 is 0.714 bits per heavy atom. The first-order valence-electron chi connectivity index (χ1n) is 9.28. The number of carbonyl (C=O) groups is 1. The summed E-state index contributed by atoms with van der Waals surface area (Å²) in [6.07, 6.45) is 0. The Kier molecular flexibility index (Phi) is 5.22. The molecule has 2 aromatic carbocycles. The van der Waals surface area contributed by atoms with Crippen molar-refractivity contribution in [3.05, 3.63) is 47.8 Å². The smallest absolute Gasteiger partial charge is 0.299 e. The van der Waals surface area contributed by atoms with Crippen LogP contribution in [0, 0.1) is 0 Å². The van der Waals surface area contributed by atoms with Crippen molar-refractivity contribution < 1.29 is 53.1 Å². The second kappa shape index (κ2) is 7.27. The van der Waals surface area contributed by atoms with Crippen LogP contribution in [0.2, 0.25) is 0 Å². The monoisotopic (exact) mass is 534 g/mol. The number of thiazole rings is 1. The van der Waals surface area contributed by atoms with E-state index >= 15 is 0 Å². The van der Waals surface area contributed by atoms with Gasteiger partial charge in [0.2, 0.25) is 0 Å². The van der Waals surface area contributed by atoms with Crippen LogP contribution in [0.5, 0.6) is 0 Å². The molecule has 0 atom stereocenters. The first kappa shape index (κ1) is 25.1. The minimum Gasteiger partial charge on any atom is -0.299 e. The number of carbonyl (C=O) groups excluding carboxylic acids is 1. The van der Waals surface area contributed by atoms with E-state index in [1.54, 1.807) is 36.4 Å². The number of halogens is 11. The van der Waals surface area contributed by atoms with E-state index in [9.17, 15) is 53.1 Å². The van der Waals surface area contributed by atoms with Crippen LogP contribution in [0.3, 0.4) is 0 Å². The van der Waals surface area contributed by atoms with Crippen LogP contribution in [0.4, 0.5) is 53.4 Å². The van der Waals surface area contributed by atoms with Crippen molar-refractivity contribution in [2.75, 3.05) is 5.32 Å². The summed E-state index contributed by atoms with van der Waals surface area (Å²) in [5, 5.41) is 2.51. The van der Waals surface area contributed by atoms with Gasteiger partial charge in [0.15, 0.2) is 5.13 Å². The molecule has 1 N–H and O–H groups in total. The van der Waals surface area contributed by atoms with Crippen LogP contribution >= 0.6 is 11.3 Å². The Morgan fingerprint density at radius 3 is 1.83 bits per heavy atom. The number of amides is 1. The van der Waals surface area contributed by atoms with Gasteiger partial charge < -0.3 is 0 Å². The standard InChI is InChI=1S/C20H9F11N2OS/c21-15(16(22,23)18(26,27)20(30,31)19(28,29)17(15,24)25)13(34)33-14-32-12(8-35-14)11-7-3-5-9-4-1-2-6-10(9)11/h1-8H,(H,32,33,34). The molecule has 0 bridgehead atoms. The molecule has 0 saturated heterocycles. The molecule has 3 nitrogen and oxygen atoms in total. The molecular formula is C20H9F11N2OS. The zero-order chi connectivity index (χ0) is 26.2. The summed E-state index contributed by atoms with van der Waals surface area (Å²) in [5.74, 6) is -40.0. The fourth-order valence-electron chi connectivity index (χ4n) is 3.59. The van der Waals surface area contributed by atoms with Gasteiger partial charge in [0.25, 0.3) is 5.91 Å². The number of hydrogen-bond donors (Lipinski definition) is 1. The highest BCUT2D eigenvalue weighted by Crippen LogP contribution is 2.69. The predicted octanol–water partition coefficient (Wildman–Crippen LogP) is 6.80. The Hall–Kier alpha value is -2.97. The van der Waals surface area contributed by atoms with Crippen LogP contribution in [0.15, 0.2) is 47.8 Å². The maximum Gasteiger partial charge on any atom is 0.384 e. The summed E-state index contributed by atoms with van der Waals surface area (Å²) in [7, 11) is 0. The number of anilines is 1. The lowest BCUT2D eigenvalue weighted by atomic mass is 9.71. The molecule has 1 aromatic heterocycles. The Balaban J connectivity index is 1.75. The van der Waals surface area contributed by atoms with E-state index in [4.69, 9.17) is 0 Å². The van der Waals surface area contributed by atoms with Crippen molar-refractivity contribution in [3.8, 4) is 11.3 Å². The van der Waals surface area contributed by atoms with Gasteiger partial charge in [-0.2, -0.15) is 43.9 Å². The molecule has 15 heteroatoms. The van der Waals surface area contributed by atoms with Crippen LogP contribution < -0.4 is 5.32 Å². The van der Waals surface area contributed by atoms with Gasteiger partial charge >= 0.3 is 35.3 Å². The normalized spacial score (nSPS) is 23.1. The number of nitrogens with one attached hydrogen (secondary N) is 1. The van der Waals surface area contributed by atoms with Crippen molar-refractivity contribution in [2.24, 2.45) is 0 Å². The molecule has 3 aromatic rings. The molecule has 0 radical (unpaired) electrons. The van der Waals surface area contributed by atoms with Gasteiger partial charge in [0, 0.05) is 10.9 Å². The fraction of sp³-hybridized carbons (Fsp3) is 0.300. The van der Waals surface area contributed by atoms with Crippen molar-refractivity contribution in [1.29, 1.82) is 0 Å². The van der Waals surface area contributed by atoms with E-state index in [0.29, 0.717) is 27.7 Å². The molecule has 0 spiro atoms. The van der Waals surface area contributed by atoms with Gasteiger partial charge in [0.05, 0.1) is 5.69 Å². The molecule has 1 fully saturated rings. The molecule has 0 unspecified atom stereocenters. The Bertz CT molecular complexity index is 1290. The third-order valence-corrected chi connectivity index (χ3v) is 6.30. The summed E-state index contributed by atoms with van der Waals surface area (Å²) in [5.41, 5.74) is -6.43. The molecule has 0 aliphatic heterocycles. The summed E-state index contributed by atoms with van der Waals surface area (Å²) < 4.78 is 152. The highest BCUT2D eigenvalue weighted by Gasteiger charge is 3.02. The van der Waals surface area contributed by atoms with Crippen molar-refractivity contribution >= 4 is 33.1 Å². The lowest BCUT2D eigenvalue weighted by Gasteiger charge is -2.51. The minimum absolute atomic E-state index is 0.0145. The average Bonchev–Trinajstić information content (AvgIpc) is 3.24. The van der Waals surface area contributed by atoms with Crippen molar-refractivity contribution in [2.45, 2.75) is 35.3 Å². The van der Waals surface area contributed by atoms with Gasteiger partial charge in [-0.3, -0.25) is 10.1 Å². The van der Waals surface area contributed by atoms with Crippen LogP contribution in [0.1, 0.15) is 0 Å². The summed E-state index contributed by atoms with van der Waals surface area (Å²) in [4.78, 5) is 15.8. The minimum atomic E-state index is -7.40. The first-order chi connectivity index (χ1) is 15.9. The summed E-state index contributed by atoms with van der Waals surface area (Å²) in [6.45, 7) is 0. The molecule has 1 heterocycles. The van der Waals surface area contributed by atoms with E-state index in [1.165, 1.54) is 6.07 Å². The van der Waals surface area contributed by atoms with Crippen LogP contribution in [-0.4, -0.2) is 46.2 Å². The maximum atomic E-state index is 14.9. The lowest BCUT2D eigenvalue weighted by Crippen LogP contribution is -2.86. The van der Waals surface area contributed by atoms with Gasteiger partial charge in [-0.25, -0.2) is 9.37 Å². The number of aromatic nitrogens is 1. The van der Waals surface area contributed by atoms with Gasteiger partial charge in [0.1, 0.15) is 0 Å². The molecule has 1 saturated carbocycles. The van der Waals surface area contributed by atoms with Crippen molar-refractivity contribution in [1.82, 2.24) is 4.98 Å². The van der Waals surface area contributed by atoms with Gasteiger partial charge in [-0.15, -0.1) is 11.3 Å². The Labute approximate surface area is 191 Å². The number of hydrogen-bond acceptors (Lipinski definition) is 3. The molecule has 4 rings (SSSR count). The number of nitrogens with zero attached hydrogens (tertiary/aromatic N) is 1. The van der Waals surface area contributed by atoms with Gasteiger partial charge in [-0.05, 0) is 10.8 Å². The highest BCUT2D eigenvalue weighted by molar-refractivity contribution is 7.14. The zero-order valence-electron chi connectivity index (χ0n) is 16.5. The van der Waals surface area contributed by atoms with Gasteiger partial charge in [-0.1, -0.05) is 42.5 Å². The second-order valence-corrected chi connectivity index (χ2v) is 8.41. The number of alkyl halides is 11. The largest absolute Gasteiger partial charge is 0.384 e. The molecular weight excluding hydrogens is 525 g/mol. The van der Waals surface area contributed by atoms with Crippen LogP contribution in [0.25, 0.3) is 22.0 Å². The Morgan fingerprint density at radius 2 is 1.23 bits per heavy atom. The van der Waals surface area contributed by atoms with E-state index in [0.717, 1.165) is 10.7 Å². The third kappa shape index (κ3) is 2.90. The average molecular weight is 534 g/mol. The van der Waals surface area contributed by atoms with E-state index in [2.05, 4.69) is 4.98 Å². The quantitative estimate of drug-likeness (QED) is 0.376. The summed E-state index contributed by atoms with van der Waals surface area (Å²) in [6, 6.07) is 11.4. The SMILES string of the molecule is O=C(Nc1nc(-c2cccc3ccccc23)cs1)C1(F)C(F)(F)C(F)(F)C(F)(F)C(F)(F)C1(F)F. The van der Waals surface area contributed by atoms with E-state index in [-0.39, 0.29) is 5.69 Å². The topological polar surface area (TPSA) is 42.0 Å². The van der Waals surface area contributed by atoms with Crippen LogP contribution in [-0.2, 0) is 4.79 Å². The maximum absolute atomic E-state index is 14.9. The number of rotatable bonds is 3.